The Balaban J connectivity index is 4.78. The molecule has 0 aromatic carbocycles. The van der Waals surface area contributed by atoms with Gasteiger partial charge in [-0.2, -0.15) is 0 Å². The molecule has 0 aromatic rings. The average molecular weight is 331 g/mol. The standard InChI is InChI=1S/C10H20BrO5P/c1-6-14-17(13,15-7-2)8(11)9(12)16-10(3,4)5/h8H,6-7H2,1-5H3/t8-/m0/s1. The number of carbonyl (C=O) groups excluding carboxylic acids is 1. The summed E-state index contributed by atoms with van der Waals surface area (Å²) < 4.78 is 26.4. The van der Waals surface area contributed by atoms with Crippen LogP contribution in [-0.4, -0.2) is 29.4 Å². The van der Waals surface area contributed by atoms with Crippen molar-refractivity contribution in [3.05, 3.63) is 0 Å². The van der Waals surface area contributed by atoms with Crippen molar-refractivity contribution < 1.29 is 23.1 Å². The molecule has 0 amide bonds. The van der Waals surface area contributed by atoms with Crippen LogP contribution in [0.1, 0.15) is 34.6 Å². The molecule has 0 unspecified atom stereocenters. The summed E-state index contributed by atoms with van der Waals surface area (Å²) in [5, 5.41) is 0. The van der Waals surface area contributed by atoms with E-state index in [1.165, 1.54) is 0 Å². The van der Waals surface area contributed by atoms with E-state index in [9.17, 15) is 9.36 Å². The van der Waals surface area contributed by atoms with Crippen LogP contribution in [0, 0.1) is 0 Å². The maximum atomic E-state index is 12.2. The molecule has 0 saturated carbocycles. The largest absolute Gasteiger partial charge is 0.459 e. The number of ether oxygens (including phenoxy) is 1. The van der Waals surface area contributed by atoms with Crippen molar-refractivity contribution >= 4 is 29.5 Å². The Morgan fingerprint density at radius 3 is 1.94 bits per heavy atom. The lowest BCUT2D eigenvalue weighted by atomic mass is 10.2. The van der Waals surface area contributed by atoms with Crippen LogP contribution in [0.2, 0.25) is 0 Å². The molecule has 0 radical (unpaired) electrons. The molecular formula is C10H20BrO5P. The molecule has 0 aliphatic carbocycles. The van der Waals surface area contributed by atoms with Crippen LogP contribution >= 0.6 is 23.5 Å². The number of alkyl halides is 1. The van der Waals surface area contributed by atoms with Crippen LogP contribution in [0.25, 0.3) is 0 Å². The lowest BCUT2D eigenvalue weighted by Crippen LogP contribution is -2.29. The smallest absolute Gasteiger partial charge is 0.355 e. The van der Waals surface area contributed by atoms with Gasteiger partial charge in [-0.1, -0.05) is 15.9 Å². The Bertz CT molecular complexity index is 290. The maximum Gasteiger partial charge on any atom is 0.355 e. The minimum absolute atomic E-state index is 0.197. The lowest BCUT2D eigenvalue weighted by Gasteiger charge is -2.25. The molecule has 0 rings (SSSR count). The van der Waals surface area contributed by atoms with Crippen molar-refractivity contribution in [1.29, 1.82) is 0 Å². The Hall–Kier alpha value is 0.100. The van der Waals surface area contributed by atoms with Crippen molar-refractivity contribution in [2.75, 3.05) is 13.2 Å². The predicted octanol–water partition coefficient (Wildman–Crippen LogP) is 3.32. The number of hydrogen-bond donors (Lipinski definition) is 0. The fourth-order valence-corrected chi connectivity index (χ4v) is 3.18. The number of rotatable bonds is 6. The Labute approximate surface area is 111 Å². The molecule has 0 saturated heterocycles. The molecule has 0 aromatic heterocycles. The quantitative estimate of drug-likeness (QED) is 0.424. The molecule has 1 atom stereocenters. The van der Waals surface area contributed by atoms with Gasteiger partial charge < -0.3 is 13.8 Å². The maximum absolute atomic E-state index is 12.2. The van der Waals surface area contributed by atoms with Crippen molar-refractivity contribution in [2.24, 2.45) is 0 Å². The zero-order chi connectivity index (χ0) is 13.7. The van der Waals surface area contributed by atoms with E-state index in [0.29, 0.717) is 0 Å². The van der Waals surface area contributed by atoms with Crippen molar-refractivity contribution in [3.63, 3.8) is 0 Å². The van der Waals surface area contributed by atoms with Gasteiger partial charge in [0.2, 0.25) is 4.57 Å². The monoisotopic (exact) mass is 330 g/mol. The van der Waals surface area contributed by atoms with Gasteiger partial charge in [0, 0.05) is 0 Å². The third-order valence-electron chi connectivity index (χ3n) is 1.50. The molecule has 0 spiro atoms. The highest BCUT2D eigenvalue weighted by atomic mass is 79.9. The normalized spacial score (nSPS) is 14.5. The first kappa shape index (κ1) is 17.1. The number of carbonyl (C=O) groups is 1. The minimum Gasteiger partial charge on any atom is -0.459 e. The van der Waals surface area contributed by atoms with Gasteiger partial charge in [0.05, 0.1) is 13.2 Å². The molecule has 102 valence electrons. The first-order valence-electron chi connectivity index (χ1n) is 5.42. The molecule has 0 fully saturated rings. The van der Waals surface area contributed by atoms with E-state index in [1.54, 1.807) is 34.6 Å². The predicted molar refractivity (Wildman–Crippen MR) is 69.4 cm³/mol. The van der Waals surface area contributed by atoms with Gasteiger partial charge in [-0.25, -0.2) is 0 Å². The van der Waals surface area contributed by atoms with Crippen LogP contribution < -0.4 is 0 Å². The zero-order valence-electron chi connectivity index (χ0n) is 10.9. The molecule has 0 N–H and O–H groups in total. The highest BCUT2D eigenvalue weighted by molar-refractivity contribution is 9.11. The molecule has 0 heterocycles. The molecule has 0 bridgehead atoms. The first-order valence-corrected chi connectivity index (χ1v) is 7.94. The zero-order valence-corrected chi connectivity index (χ0v) is 13.3. The van der Waals surface area contributed by atoms with Crippen molar-refractivity contribution in [1.82, 2.24) is 0 Å². The molecule has 17 heavy (non-hydrogen) atoms. The SMILES string of the molecule is CCOP(=O)(OCC)[C@H](Br)C(=O)OC(C)(C)C. The second-order valence-corrected chi connectivity index (χ2v) is 7.98. The van der Waals surface area contributed by atoms with Gasteiger partial charge in [-0.15, -0.1) is 0 Å². The van der Waals surface area contributed by atoms with E-state index in [4.69, 9.17) is 13.8 Å². The van der Waals surface area contributed by atoms with E-state index in [-0.39, 0.29) is 13.2 Å². The summed E-state index contributed by atoms with van der Waals surface area (Å²) in [5.41, 5.74) is -0.646. The van der Waals surface area contributed by atoms with E-state index in [1.807, 2.05) is 0 Å². The van der Waals surface area contributed by atoms with E-state index in [0.717, 1.165) is 0 Å². The fourth-order valence-electron chi connectivity index (χ4n) is 1.01. The number of halogens is 1. The van der Waals surface area contributed by atoms with Gasteiger partial charge >= 0.3 is 13.6 Å². The highest BCUT2D eigenvalue weighted by Gasteiger charge is 2.41. The summed E-state index contributed by atoms with van der Waals surface area (Å²) in [6.45, 7) is 8.95. The molecular weight excluding hydrogens is 311 g/mol. The van der Waals surface area contributed by atoms with Crippen LogP contribution in [-0.2, 0) is 23.1 Å². The number of esters is 1. The summed E-state index contributed by atoms with van der Waals surface area (Å²) in [5.74, 6) is -0.650. The van der Waals surface area contributed by atoms with E-state index < -0.39 is 23.7 Å². The summed E-state index contributed by atoms with van der Waals surface area (Å²) in [6, 6.07) is 0. The Kier molecular flexibility index (Phi) is 6.92. The van der Waals surface area contributed by atoms with Crippen LogP contribution in [0.5, 0.6) is 0 Å². The lowest BCUT2D eigenvalue weighted by molar-refractivity contribution is -0.152. The van der Waals surface area contributed by atoms with E-state index >= 15 is 0 Å². The van der Waals surface area contributed by atoms with Gasteiger partial charge in [0.1, 0.15) is 5.60 Å². The van der Waals surface area contributed by atoms with Crippen LogP contribution in [0.4, 0.5) is 0 Å². The van der Waals surface area contributed by atoms with Crippen LogP contribution in [0.15, 0.2) is 0 Å². The molecule has 0 aliphatic heterocycles. The topological polar surface area (TPSA) is 61.8 Å². The fraction of sp³-hybridized carbons (Fsp3) is 0.900. The highest BCUT2D eigenvalue weighted by Crippen LogP contribution is 2.56. The minimum atomic E-state index is -3.51. The van der Waals surface area contributed by atoms with Gasteiger partial charge in [-0.3, -0.25) is 9.36 Å². The van der Waals surface area contributed by atoms with Crippen LogP contribution in [0.3, 0.4) is 0 Å². The summed E-state index contributed by atoms with van der Waals surface area (Å²) in [6.07, 6.45) is 0. The third kappa shape index (κ3) is 6.00. The molecule has 5 nitrogen and oxygen atoms in total. The van der Waals surface area contributed by atoms with Gasteiger partial charge in [0.15, 0.2) is 0 Å². The Morgan fingerprint density at radius 2 is 1.65 bits per heavy atom. The summed E-state index contributed by atoms with van der Waals surface area (Å²) in [7, 11) is -3.51. The summed E-state index contributed by atoms with van der Waals surface area (Å²) >= 11 is 3.03. The first-order chi connectivity index (χ1) is 7.66. The second-order valence-electron chi connectivity index (χ2n) is 4.24. The van der Waals surface area contributed by atoms with Crippen molar-refractivity contribution in [2.45, 2.75) is 44.8 Å². The Morgan fingerprint density at radius 1 is 1.24 bits per heavy atom. The van der Waals surface area contributed by atoms with Gasteiger partial charge in [-0.05, 0) is 34.6 Å². The third-order valence-corrected chi connectivity index (χ3v) is 5.38. The number of hydrogen-bond acceptors (Lipinski definition) is 5. The summed E-state index contributed by atoms with van der Waals surface area (Å²) in [4.78, 5) is 11.8. The van der Waals surface area contributed by atoms with Gasteiger partial charge in [0.25, 0.3) is 0 Å². The average Bonchev–Trinajstić information content (AvgIpc) is 2.14. The van der Waals surface area contributed by atoms with Crippen molar-refractivity contribution in [3.8, 4) is 0 Å². The molecule has 0 aliphatic rings. The second kappa shape index (κ2) is 6.88. The van der Waals surface area contributed by atoms with E-state index in [2.05, 4.69) is 15.9 Å². The molecule has 7 heteroatoms.